The average molecular weight is 402 g/mol. The third-order valence-corrected chi connectivity index (χ3v) is 19.8. The first-order chi connectivity index (χ1) is 10.2. The molecule has 0 spiro atoms. The van der Waals surface area contributed by atoms with E-state index in [-0.39, 0.29) is 0 Å². The Kier molecular flexibility index (Phi) is 10.0. The molecule has 2 nitrogen and oxygen atoms in total. The van der Waals surface area contributed by atoms with E-state index in [2.05, 4.69) is 25.7 Å². The van der Waals surface area contributed by atoms with Crippen LogP contribution in [0.25, 0.3) is 0 Å². The van der Waals surface area contributed by atoms with E-state index in [0.29, 0.717) is 3.92 Å². The van der Waals surface area contributed by atoms with Gasteiger partial charge in [-0.1, -0.05) is 0 Å². The molecule has 1 rings (SSSR count). The number of nitrogens with zero attached hydrogens (tertiary/aromatic N) is 1. The number of piperidine rings is 1. The topological polar surface area (TPSA) is 20.3 Å². The number of carbonyl (C=O) groups excluding carboxylic acids is 1. The molecule has 1 aliphatic heterocycles. The summed E-state index contributed by atoms with van der Waals surface area (Å²) in [6.45, 7) is 8.95. The summed E-state index contributed by atoms with van der Waals surface area (Å²) < 4.78 is 4.67. The standard InChI is InChI=1S/C6H10NO.3C4H9.Sn/c8-6-7-4-2-1-3-5-7;3*1-3-4-2;/h1-5H2;3*1,3-4H2,2H3;. The van der Waals surface area contributed by atoms with Crippen LogP contribution in [0, 0.1) is 0 Å². The van der Waals surface area contributed by atoms with Crippen LogP contribution in [0.3, 0.4) is 0 Å². The van der Waals surface area contributed by atoms with E-state index < -0.39 is 18.4 Å². The number of rotatable bonds is 10. The van der Waals surface area contributed by atoms with Gasteiger partial charge >= 0.3 is 137 Å². The van der Waals surface area contributed by atoms with E-state index in [1.165, 1.54) is 71.1 Å². The van der Waals surface area contributed by atoms with Crippen LogP contribution in [0.15, 0.2) is 0 Å². The van der Waals surface area contributed by atoms with E-state index in [1.807, 2.05) is 0 Å². The summed E-state index contributed by atoms with van der Waals surface area (Å²) in [5.74, 6) is 0. The Balaban J connectivity index is 2.84. The van der Waals surface area contributed by atoms with Gasteiger partial charge in [-0.3, -0.25) is 0 Å². The maximum atomic E-state index is 13.4. The first-order valence-corrected chi connectivity index (χ1v) is 17.0. The van der Waals surface area contributed by atoms with E-state index in [4.69, 9.17) is 0 Å². The molecule has 0 radical (unpaired) electrons. The van der Waals surface area contributed by atoms with Crippen molar-refractivity contribution in [1.82, 2.24) is 4.90 Å². The number of hydrogen-bond donors (Lipinski definition) is 0. The van der Waals surface area contributed by atoms with Crippen LogP contribution in [0.4, 0.5) is 4.79 Å². The summed E-state index contributed by atoms with van der Waals surface area (Å²) in [4.78, 5) is 15.6. The number of unbranched alkanes of at least 4 members (excludes halogenated alkanes) is 3. The Morgan fingerprint density at radius 1 is 0.810 bits per heavy atom. The van der Waals surface area contributed by atoms with Crippen LogP contribution in [-0.4, -0.2) is 40.3 Å². The average Bonchev–Trinajstić information content (AvgIpc) is 2.55. The van der Waals surface area contributed by atoms with Crippen molar-refractivity contribution < 1.29 is 4.79 Å². The minimum absolute atomic E-state index is 0.708. The quantitative estimate of drug-likeness (QED) is 0.409. The summed E-state index contributed by atoms with van der Waals surface area (Å²) in [5, 5.41) is 0. The van der Waals surface area contributed by atoms with Gasteiger partial charge < -0.3 is 0 Å². The molecule has 0 saturated carbocycles. The summed E-state index contributed by atoms with van der Waals surface area (Å²) in [6.07, 6.45) is 11.4. The Labute approximate surface area is 136 Å². The first kappa shape index (κ1) is 19.3. The monoisotopic (exact) mass is 403 g/mol. The molecule has 0 aromatic rings. The molecule has 0 aromatic heterocycles. The number of amides is 1. The van der Waals surface area contributed by atoms with Crippen molar-refractivity contribution in [3.63, 3.8) is 0 Å². The van der Waals surface area contributed by atoms with Gasteiger partial charge in [0.25, 0.3) is 0 Å². The van der Waals surface area contributed by atoms with Gasteiger partial charge in [0, 0.05) is 0 Å². The zero-order valence-electron chi connectivity index (χ0n) is 14.8. The predicted octanol–water partition coefficient (Wildman–Crippen LogP) is 6.02. The molecule has 1 saturated heterocycles. The molecule has 1 aliphatic rings. The molecule has 0 atom stereocenters. The van der Waals surface area contributed by atoms with Crippen LogP contribution >= 0.6 is 0 Å². The van der Waals surface area contributed by atoms with Crippen molar-refractivity contribution in [2.75, 3.05) is 13.1 Å². The van der Waals surface area contributed by atoms with Gasteiger partial charge in [-0.15, -0.1) is 0 Å². The third kappa shape index (κ3) is 6.11. The van der Waals surface area contributed by atoms with E-state index in [9.17, 15) is 4.79 Å². The molecule has 0 unspecified atom stereocenters. The van der Waals surface area contributed by atoms with E-state index in [1.54, 1.807) is 0 Å². The van der Waals surface area contributed by atoms with Crippen LogP contribution in [0.2, 0.25) is 13.3 Å². The third-order valence-electron chi connectivity index (χ3n) is 5.12. The number of hydrogen-bond acceptors (Lipinski definition) is 1. The number of carbonyl (C=O) groups is 1. The molecule has 1 amide bonds. The fourth-order valence-corrected chi connectivity index (χ4v) is 19.0. The Bertz CT molecular complexity index is 265. The van der Waals surface area contributed by atoms with Crippen molar-refractivity contribution in [2.45, 2.75) is 91.9 Å². The van der Waals surface area contributed by atoms with Gasteiger partial charge in [0.2, 0.25) is 0 Å². The fraction of sp³-hybridized carbons (Fsp3) is 0.944. The molecule has 0 N–H and O–H groups in total. The van der Waals surface area contributed by atoms with E-state index in [0.717, 1.165) is 13.1 Å². The van der Waals surface area contributed by atoms with Crippen molar-refractivity contribution >= 4 is 22.3 Å². The summed E-state index contributed by atoms with van der Waals surface area (Å²) in [6, 6.07) is 0. The fourth-order valence-electron chi connectivity index (χ4n) is 3.67. The van der Waals surface area contributed by atoms with Gasteiger partial charge in [0.15, 0.2) is 0 Å². The molecule has 21 heavy (non-hydrogen) atoms. The molecule has 0 aromatic carbocycles. The summed E-state index contributed by atoms with van der Waals surface area (Å²) in [5.41, 5.74) is 0. The molecule has 1 heterocycles. The van der Waals surface area contributed by atoms with Gasteiger partial charge in [-0.05, 0) is 0 Å². The molecule has 0 aliphatic carbocycles. The van der Waals surface area contributed by atoms with Crippen LogP contribution < -0.4 is 0 Å². The zero-order chi connectivity index (χ0) is 15.6. The molecule has 0 bridgehead atoms. The van der Waals surface area contributed by atoms with Crippen LogP contribution in [-0.2, 0) is 0 Å². The second-order valence-corrected chi connectivity index (χ2v) is 19.8. The van der Waals surface area contributed by atoms with Crippen LogP contribution in [0.5, 0.6) is 0 Å². The molecule has 3 heteroatoms. The zero-order valence-corrected chi connectivity index (χ0v) is 17.6. The van der Waals surface area contributed by atoms with Crippen LogP contribution in [0.1, 0.15) is 78.6 Å². The molecule has 124 valence electrons. The van der Waals surface area contributed by atoms with E-state index >= 15 is 0 Å². The number of likely N-dealkylation sites (tertiary alicyclic amines) is 1. The minimum atomic E-state index is -2.64. The molecule has 1 fully saturated rings. The first-order valence-electron chi connectivity index (χ1n) is 9.49. The normalized spacial score (nSPS) is 16.2. The molecular formula is C18H37NOSn. The van der Waals surface area contributed by atoms with Crippen molar-refractivity contribution in [1.29, 1.82) is 0 Å². The van der Waals surface area contributed by atoms with Gasteiger partial charge in [-0.2, -0.15) is 0 Å². The second kappa shape index (κ2) is 10.9. The summed E-state index contributed by atoms with van der Waals surface area (Å²) in [7, 11) is 0. The van der Waals surface area contributed by atoms with Gasteiger partial charge in [0.05, 0.1) is 0 Å². The second-order valence-electron chi connectivity index (χ2n) is 6.94. The van der Waals surface area contributed by atoms with Crippen molar-refractivity contribution in [3.05, 3.63) is 0 Å². The van der Waals surface area contributed by atoms with Crippen molar-refractivity contribution in [2.24, 2.45) is 0 Å². The van der Waals surface area contributed by atoms with Crippen molar-refractivity contribution in [3.8, 4) is 0 Å². The Hall–Kier alpha value is 0.269. The van der Waals surface area contributed by atoms with Gasteiger partial charge in [-0.25, -0.2) is 0 Å². The summed E-state index contributed by atoms with van der Waals surface area (Å²) >= 11 is -2.64. The Morgan fingerprint density at radius 3 is 1.62 bits per heavy atom. The predicted molar refractivity (Wildman–Crippen MR) is 95.7 cm³/mol. The SMILES string of the molecule is CCC[CH2][Sn]([CH2]CCC)([CH2]CCC)[C](=O)N1CCCCC1. The Morgan fingerprint density at radius 2 is 1.24 bits per heavy atom. The van der Waals surface area contributed by atoms with Gasteiger partial charge in [0.1, 0.15) is 0 Å². The molecular weight excluding hydrogens is 365 g/mol. The maximum absolute atomic E-state index is 13.4.